The number of nitrogen functional groups attached to an aromatic ring is 1. The van der Waals surface area contributed by atoms with Crippen molar-refractivity contribution in [2.45, 2.75) is 19.8 Å². The van der Waals surface area contributed by atoms with Gasteiger partial charge in [-0.25, -0.2) is 4.98 Å². The number of hydrogen-bond donors (Lipinski definition) is 1. The van der Waals surface area contributed by atoms with Crippen molar-refractivity contribution in [1.82, 2.24) is 14.5 Å². The van der Waals surface area contributed by atoms with Crippen LogP contribution < -0.4 is 5.73 Å². The van der Waals surface area contributed by atoms with Crippen molar-refractivity contribution in [3.63, 3.8) is 0 Å². The Bertz CT molecular complexity index is 715. The summed E-state index contributed by atoms with van der Waals surface area (Å²) in [5.74, 6) is 1.04. The van der Waals surface area contributed by atoms with Crippen LogP contribution >= 0.6 is 0 Å². The number of nitrogens with two attached hydrogens (primary N) is 1. The summed E-state index contributed by atoms with van der Waals surface area (Å²) in [4.78, 5) is 8.52. The molecule has 0 saturated carbocycles. The van der Waals surface area contributed by atoms with Gasteiger partial charge in [-0.3, -0.25) is 4.98 Å². The Labute approximate surface area is 111 Å². The summed E-state index contributed by atoms with van der Waals surface area (Å²) >= 11 is 0. The Hall–Kier alpha value is -2.36. The molecule has 0 radical (unpaired) electrons. The second kappa shape index (κ2) is 4.72. The second-order valence-electron chi connectivity index (χ2n) is 4.56. The number of hydrogen-bond acceptors (Lipinski definition) is 3. The fourth-order valence-corrected chi connectivity index (χ4v) is 2.35. The van der Waals surface area contributed by atoms with E-state index in [1.165, 1.54) is 0 Å². The molecule has 4 nitrogen and oxygen atoms in total. The highest BCUT2D eigenvalue weighted by Crippen LogP contribution is 2.27. The predicted molar refractivity (Wildman–Crippen MR) is 77.3 cm³/mol. The minimum atomic E-state index is 0.773. The predicted octanol–water partition coefficient (Wildman–Crippen LogP) is 2.96. The van der Waals surface area contributed by atoms with Crippen molar-refractivity contribution < 1.29 is 0 Å². The van der Waals surface area contributed by atoms with Crippen LogP contribution in [0.5, 0.6) is 0 Å². The Morgan fingerprint density at radius 3 is 2.95 bits per heavy atom. The summed E-state index contributed by atoms with van der Waals surface area (Å²) in [5, 5.41) is 2.09. The van der Waals surface area contributed by atoms with Crippen molar-refractivity contribution in [1.29, 1.82) is 0 Å². The number of aryl methyl sites for hydroxylation is 1. The molecule has 0 aliphatic carbocycles. The Kier molecular flexibility index (Phi) is 2.91. The monoisotopic (exact) mass is 252 g/mol. The topological polar surface area (TPSA) is 56.7 Å². The average molecular weight is 252 g/mol. The van der Waals surface area contributed by atoms with Crippen LogP contribution in [0.1, 0.15) is 19.2 Å². The lowest BCUT2D eigenvalue weighted by atomic mass is 10.1. The summed E-state index contributed by atoms with van der Waals surface area (Å²) < 4.78 is 2.07. The second-order valence-corrected chi connectivity index (χ2v) is 4.56. The van der Waals surface area contributed by atoms with Crippen molar-refractivity contribution in [3.05, 3.63) is 48.8 Å². The van der Waals surface area contributed by atoms with E-state index in [1.807, 2.05) is 36.8 Å². The molecular weight excluding hydrogens is 236 g/mol. The van der Waals surface area contributed by atoms with Gasteiger partial charge in [-0.15, -0.1) is 0 Å². The first-order valence-electron chi connectivity index (χ1n) is 6.46. The van der Waals surface area contributed by atoms with Crippen molar-refractivity contribution >= 4 is 16.5 Å². The van der Waals surface area contributed by atoms with E-state index in [0.29, 0.717) is 0 Å². The van der Waals surface area contributed by atoms with Crippen LogP contribution in [0.4, 0.5) is 5.69 Å². The Balaban J connectivity index is 2.20. The molecule has 0 aliphatic heterocycles. The SMILES string of the molecule is CCCc1nccn1-c1ccc2cnccc2c1N. The Morgan fingerprint density at radius 1 is 1.21 bits per heavy atom. The number of pyridine rings is 1. The van der Waals surface area contributed by atoms with Gasteiger partial charge in [0.15, 0.2) is 0 Å². The normalized spacial score (nSPS) is 11.0. The smallest absolute Gasteiger partial charge is 0.113 e. The van der Waals surface area contributed by atoms with E-state index in [0.717, 1.165) is 40.8 Å². The molecule has 3 rings (SSSR count). The fraction of sp³-hybridized carbons (Fsp3) is 0.200. The minimum absolute atomic E-state index is 0.773. The van der Waals surface area contributed by atoms with Gasteiger partial charge in [0.25, 0.3) is 0 Å². The third kappa shape index (κ3) is 1.95. The van der Waals surface area contributed by atoms with Gasteiger partial charge in [-0.05, 0) is 18.6 Å². The number of benzene rings is 1. The lowest BCUT2D eigenvalue weighted by Crippen LogP contribution is -2.04. The summed E-state index contributed by atoms with van der Waals surface area (Å²) in [5.41, 5.74) is 8.06. The lowest BCUT2D eigenvalue weighted by molar-refractivity contribution is 0.810. The molecule has 0 saturated heterocycles. The van der Waals surface area contributed by atoms with Crippen LogP contribution in [-0.2, 0) is 6.42 Å². The van der Waals surface area contributed by atoms with Crippen molar-refractivity contribution in [3.8, 4) is 5.69 Å². The molecule has 2 heterocycles. The fourth-order valence-electron chi connectivity index (χ4n) is 2.35. The zero-order chi connectivity index (χ0) is 13.2. The molecule has 1 aromatic carbocycles. The molecule has 4 heteroatoms. The van der Waals surface area contributed by atoms with Crippen LogP contribution in [0.2, 0.25) is 0 Å². The zero-order valence-electron chi connectivity index (χ0n) is 10.9. The van der Waals surface area contributed by atoms with Crippen molar-refractivity contribution in [2.24, 2.45) is 0 Å². The summed E-state index contributed by atoms with van der Waals surface area (Å²) in [7, 11) is 0. The summed E-state index contributed by atoms with van der Waals surface area (Å²) in [6, 6.07) is 6.02. The van der Waals surface area contributed by atoms with Gasteiger partial charge >= 0.3 is 0 Å². The molecule has 0 fully saturated rings. The molecule has 0 unspecified atom stereocenters. The van der Waals surface area contributed by atoms with E-state index in [-0.39, 0.29) is 0 Å². The van der Waals surface area contributed by atoms with Crippen LogP contribution in [0.3, 0.4) is 0 Å². The van der Waals surface area contributed by atoms with E-state index in [2.05, 4.69) is 21.5 Å². The first-order chi connectivity index (χ1) is 9.31. The van der Waals surface area contributed by atoms with E-state index in [9.17, 15) is 0 Å². The molecule has 19 heavy (non-hydrogen) atoms. The van der Waals surface area contributed by atoms with Gasteiger partial charge < -0.3 is 10.3 Å². The molecule has 3 aromatic rings. The largest absolute Gasteiger partial charge is 0.397 e. The Morgan fingerprint density at radius 2 is 2.11 bits per heavy atom. The summed E-state index contributed by atoms with van der Waals surface area (Å²) in [6.45, 7) is 2.15. The lowest BCUT2D eigenvalue weighted by Gasteiger charge is -2.12. The highest BCUT2D eigenvalue weighted by Gasteiger charge is 2.09. The maximum Gasteiger partial charge on any atom is 0.113 e. The maximum absolute atomic E-state index is 6.30. The number of nitrogens with zero attached hydrogens (tertiary/aromatic N) is 3. The van der Waals surface area contributed by atoms with Gasteiger partial charge in [0.1, 0.15) is 5.82 Å². The molecule has 2 N–H and O–H groups in total. The molecule has 0 bridgehead atoms. The molecule has 0 spiro atoms. The van der Waals surface area contributed by atoms with Gasteiger partial charge in [0, 0.05) is 42.0 Å². The first-order valence-corrected chi connectivity index (χ1v) is 6.46. The van der Waals surface area contributed by atoms with Crippen LogP contribution in [0.15, 0.2) is 43.0 Å². The van der Waals surface area contributed by atoms with Crippen molar-refractivity contribution in [2.75, 3.05) is 5.73 Å². The average Bonchev–Trinajstić information content (AvgIpc) is 2.88. The van der Waals surface area contributed by atoms with E-state index < -0.39 is 0 Å². The van der Waals surface area contributed by atoms with E-state index >= 15 is 0 Å². The number of fused-ring (bicyclic) bond motifs is 1. The van der Waals surface area contributed by atoms with Gasteiger partial charge in [0.2, 0.25) is 0 Å². The van der Waals surface area contributed by atoms with Gasteiger partial charge in [-0.1, -0.05) is 13.0 Å². The molecular formula is C15H16N4. The number of rotatable bonds is 3. The standard InChI is InChI=1S/C15H16N4/c1-2-3-14-18-8-9-19(14)13-5-4-11-10-17-7-6-12(11)15(13)16/h4-10H,2-3,16H2,1H3. The summed E-state index contributed by atoms with van der Waals surface area (Å²) in [6.07, 6.45) is 9.39. The number of anilines is 1. The third-order valence-corrected chi connectivity index (χ3v) is 3.29. The van der Waals surface area contributed by atoms with E-state index in [1.54, 1.807) is 6.20 Å². The van der Waals surface area contributed by atoms with Crippen LogP contribution in [0.25, 0.3) is 16.5 Å². The highest BCUT2D eigenvalue weighted by atomic mass is 15.1. The first kappa shape index (κ1) is 11.7. The molecule has 0 atom stereocenters. The van der Waals surface area contributed by atoms with Gasteiger partial charge in [-0.2, -0.15) is 0 Å². The maximum atomic E-state index is 6.30. The quantitative estimate of drug-likeness (QED) is 0.729. The molecule has 0 aliphatic rings. The molecule has 96 valence electrons. The number of aromatic nitrogens is 3. The minimum Gasteiger partial charge on any atom is -0.397 e. The third-order valence-electron chi connectivity index (χ3n) is 3.29. The van der Waals surface area contributed by atoms with E-state index in [4.69, 9.17) is 5.73 Å². The molecule has 0 amide bonds. The molecule has 2 aromatic heterocycles. The highest BCUT2D eigenvalue weighted by molar-refractivity contribution is 5.96. The van der Waals surface area contributed by atoms with Gasteiger partial charge in [0.05, 0.1) is 11.4 Å². The zero-order valence-corrected chi connectivity index (χ0v) is 10.9. The van der Waals surface area contributed by atoms with Crippen LogP contribution in [0, 0.1) is 0 Å². The number of imidazole rings is 1. The van der Waals surface area contributed by atoms with Crippen LogP contribution in [-0.4, -0.2) is 14.5 Å².